The number of morpholine rings is 1. The summed E-state index contributed by atoms with van der Waals surface area (Å²) in [4.78, 5) is 15.5. The number of nitrogens with one attached hydrogen (secondary N) is 1. The van der Waals surface area contributed by atoms with Gasteiger partial charge in [-0.05, 0) is 24.6 Å². The van der Waals surface area contributed by atoms with Crippen molar-refractivity contribution in [2.24, 2.45) is 0 Å². The Morgan fingerprint density at radius 2 is 2.00 bits per heavy atom. The van der Waals surface area contributed by atoms with Crippen molar-refractivity contribution < 1.29 is 9.53 Å². The fourth-order valence-corrected chi connectivity index (χ4v) is 1.99. The number of hydrogen-bond acceptors (Lipinski definition) is 3. The van der Waals surface area contributed by atoms with Gasteiger partial charge in [-0.3, -0.25) is 0 Å². The average Bonchev–Trinajstić information content (AvgIpc) is 2.42. The van der Waals surface area contributed by atoms with Crippen LogP contribution in [0.15, 0.2) is 18.2 Å². The minimum absolute atomic E-state index is 0.109. The van der Waals surface area contributed by atoms with Gasteiger partial charge in [0.25, 0.3) is 0 Å². The first kappa shape index (κ1) is 13.7. The lowest BCUT2D eigenvalue weighted by molar-refractivity contribution is 0.122. The van der Waals surface area contributed by atoms with Gasteiger partial charge >= 0.3 is 6.03 Å². The number of carbonyl (C=O) groups excluding carboxylic acids is 1. The molecular weight excluding hydrogens is 242 g/mol. The molecule has 1 aromatic rings. The predicted molar refractivity (Wildman–Crippen MR) is 76.9 cm³/mol. The van der Waals surface area contributed by atoms with Gasteiger partial charge in [-0.25, -0.2) is 4.79 Å². The van der Waals surface area contributed by atoms with Crippen LogP contribution >= 0.6 is 0 Å². The third-order valence-electron chi connectivity index (χ3n) is 3.25. The standard InChI is InChI=1S/C14H21N3O2/c1-11-4-5-12(17-6-8-19-9-7-17)10-13(11)15-14(18)16(2)3/h4-5,10H,6-9H2,1-3H3,(H,15,18). The van der Waals surface area contributed by atoms with E-state index in [0.29, 0.717) is 0 Å². The van der Waals surface area contributed by atoms with Crippen molar-refractivity contribution in [2.45, 2.75) is 6.92 Å². The normalized spacial score (nSPS) is 15.2. The van der Waals surface area contributed by atoms with E-state index >= 15 is 0 Å². The number of carbonyl (C=O) groups is 1. The second-order valence-corrected chi connectivity index (χ2v) is 4.92. The van der Waals surface area contributed by atoms with E-state index in [2.05, 4.69) is 16.3 Å². The van der Waals surface area contributed by atoms with E-state index in [-0.39, 0.29) is 6.03 Å². The molecular formula is C14H21N3O2. The molecule has 0 unspecified atom stereocenters. The van der Waals surface area contributed by atoms with Crippen molar-refractivity contribution in [2.75, 3.05) is 50.6 Å². The lowest BCUT2D eigenvalue weighted by Crippen LogP contribution is -2.36. The maximum absolute atomic E-state index is 11.7. The summed E-state index contributed by atoms with van der Waals surface area (Å²) in [6, 6.07) is 6.05. The molecule has 0 aliphatic carbocycles. The Balaban J connectivity index is 2.16. The molecule has 0 saturated carbocycles. The molecule has 1 fully saturated rings. The zero-order valence-electron chi connectivity index (χ0n) is 11.8. The zero-order chi connectivity index (χ0) is 13.8. The van der Waals surface area contributed by atoms with Crippen molar-refractivity contribution >= 4 is 17.4 Å². The highest BCUT2D eigenvalue weighted by Gasteiger charge is 2.13. The Morgan fingerprint density at radius 3 is 2.63 bits per heavy atom. The second-order valence-electron chi connectivity index (χ2n) is 4.92. The number of urea groups is 1. The number of anilines is 2. The van der Waals surface area contributed by atoms with Crippen LogP contribution in [0.25, 0.3) is 0 Å². The zero-order valence-corrected chi connectivity index (χ0v) is 11.8. The van der Waals surface area contributed by atoms with Crippen LogP contribution in [0.1, 0.15) is 5.56 Å². The third-order valence-corrected chi connectivity index (χ3v) is 3.25. The van der Waals surface area contributed by atoms with Crippen molar-refractivity contribution in [3.8, 4) is 0 Å². The van der Waals surface area contributed by atoms with E-state index in [0.717, 1.165) is 43.2 Å². The first-order valence-corrected chi connectivity index (χ1v) is 6.49. The van der Waals surface area contributed by atoms with Crippen molar-refractivity contribution in [3.05, 3.63) is 23.8 Å². The molecule has 1 N–H and O–H groups in total. The molecule has 0 aromatic heterocycles. The molecule has 19 heavy (non-hydrogen) atoms. The number of hydrogen-bond donors (Lipinski definition) is 1. The minimum Gasteiger partial charge on any atom is -0.378 e. The minimum atomic E-state index is -0.109. The van der Waals surface area contributed by atoms with Gasteiger partial charge in [-0.1, -0.05) is 6.07 Å². The molecule has 2 amide bonds. The van der Waals surface area contributed by atoms with E-state index in [1.165, 1.54) is 4.90 Å². The first-order valence-electron chi connectivity index (χ1n) is 6.49. The molecule has 0 radical (unpaired) electrons. The molecule has 5 nitrogen and oxygen atoms in total. The van der Waals surface area contributed by atoms with Gasteiger partial charge in [-0.2, -0.15) is 0 Å². The highest BCUT2D eigenvalue weighted by atomic mass is 16.5. The lowest BCUT2D eigenvalue weighted by Gasteiger charge is -2.29. The van der Waals surface area contributed by atoms with Gasteiger partial charge in [0.15, 0.2) is 0 Å². The summed E-state index contributed by atoms with van der Waals surface area (Å²) < 4.78 is 5.35. The van der Waals surface area contributed by atoms with E-state index in [1.807, 2.05) is 19.1 Å². The van der Waals surface area contributed by atoms with Crippen LogP contribution in [0.5, 0.6) is 0 Å². The van der Waals surface area contributed by atoms with Crippen LogP contribution in [0.2, 0.25) is 0 Å². The molecule has 2 rings (SSSR count). The fourth-order valence-electron chi connectivity index (χ4n) is 1.99. The quantitative estimate of drug-likeness (QED) is 0.886. The highest BCUT2D eigenvalue weighted by Crippen LogP contribution is 2.24. The molecule has 0 spiro atoms. The van der Waals surface area contributed by atoms with Crippen molar-refractivity contribution in [1.29, 1.82) is 0 Å². The Kier molecular flexibility index (Phi) is 4.27. The van der Waals surface area contributed by atoms with E-state index in [1.54, 1.807) is 14.1 Å². The summed E-state index contributed by atoms with van der Waals surface area (Å²) in [7, 11) is 3.47. The summed E-state index contributed by atoms with van der Waals surface area (Å²) in [5, 5.41) is 2.92. The lowest BCUT2D eigenvalue weighted by atomic mass is 10.1. The molecule has 0 atom stereocenters. The molecule has 1 saturated heterocycles. The maximum Gasteiger partial charge on any atom is 0.321 e. The van der Waals surface area contributed by atoms with Gasteiger partial charge < -0.3 is 19.9 Å². The average molecular weight is 263 g/mol. The van der Waals surface area contributed by atoms with Crippen LogP contribution in [0, 0.1) is 6.92 Å². The number of nitrogens with zero attached hydrogens (tertiary/aromatic N) is 2. The summed E-state index contributed by atoms with van der Waals surface area (Å²) in [5.41, 5.74) is 3.05. The van der Waals surface area contributed by atoms with E-state index in [9.17, 15) is 4.79 Å². The van der Waals surface area contributed by atoms with Gasteiger partial charge in [0, 0.05) is 38.6 Å². The van der Waals surface area contributed by atoms with Gasteiger partial charge in [0.1, 0.15) is 0 Å². The Bertz CT molecular complexity index is 454. The van der Waals surface area contributed by atoms with Crippen molar-refractivity contribution in [3.63, 3.8) is 0 Å². The maximum atomic E-state index is 11.7. The van der Waals surface area contributed by atoms with E-state index < -0.39 is 0 Å². The molecule has 0 bridgehead atoms. The summed E-state index contributed by atoms with van der Waals surface area (Å²) in [5.74, 6) is 0. The Morgan fingerprint density at radius 1 is 1.32 bits per heavy atom. The Hall–Kier alpha value is -1.75. The SMILES string of the molecule is Cc1ccc(N2CCOCC2)cc1NC(=O)N(C)C. The molecule has 1 aliphatic heterocycles. The smallest absolute Gasteiger partial charge is 0.321 e. The molecule has 1 aromatic carbocycles. The number of rotatable bonds is 2. The third kappa shape index (κ3) is 3.38. The summed E-state index contributed by atoms with van der Waals surface area (Å²) in [6.45, 7) is 5.29. The monoisotopic (exact) mass is 263 g/mol. The number of amides is 2. The molecule has 1 aliphatic rings. The summed E-state index contributed by atoms with van der Waals surface area (Å²) >= 11 is 0. The van der Waals surface area contributed by atoms with Crippen molar-refractivity contribution in [1.82, 2.24) is 4.90 Å². The highest BCUT2D eigenvalue weighted by molar-refractivity contribution is 5.90. The van der Waals surface area contributed by atoms with Crippen LogP contribution in [0.4, 0.5) is 16.2 Å². The van der Waals surface area contributed by atoms with Crippen LogP contribution in [-0.2, 0) is 4.74 Å². The van der Waals surface area contributed by atoms with E-state index in [4.69, 9.17) is 4.74 Å². The predicted octanol–water partition coefficient (Wildman–Crippen LogP) is 1.93. The molecule has 104 valence electrons. The Labute approximate surface area is 114 Å². The largest absolute Gasteiger partial charge is 0.378 e. The van der Waals surface area contributed by atoms with Gasteiger partial charge in [0.2, 0.25) is 0 Å². The second kappa shape index (κ2) is 5.93. The first-order chi connectivity index (χ1) is 9.08. The number of benzene rings is 1. The number of aryl methyl sites for hydroxylation is 1. The molecule has 1 heterocycles. The molecule has 5 heteroatoms. The van der Waals surface area contributed by atoms with Crippen LogP contribution in [0.3, 0.4) is 0 Å². The van der Waals surface area contributed by atoms with Gasteiger partial charge in [0.05, 0.1) is 13.2 Å². The summed E-state index contributed by atoms with van der Waals surface area (Å²) in [6.07, 6.45) is 0. The van der Waals surface area contributed by atoms with Gasteiger partial charge in [-0.15, -0.1) is 0 Å². The van der Waals surface area contributed by atoms with Crippen LogP contribution in [-0.4, -0.2) is 51.3 Å². The number of ether oxygens (including phenoxy) is 1. The fraction of sp³-hybridized carbons (Fsp3) is 0.500. The van der Waals surface area contributed by atoms with Crippen LogP contribution < -0.4 is 10.2 Å². The topological polar surface area (TPSA) is 44.8 Å².